The first-order valence-electron chi connectivity index (χ1n) is 4.83. The molecule has 0 bridgehead atoms. The van der Waals surface area contributed by atoms with Crippen LogP contribution in [0, 0.1) is 0 Å². The summed E-state index contributed by atoms with van der Waals surface area (Å²) in [5.74, 6) is -0.224. The fourth-order valence-corrected chi connectivity index (χ4v) is 2.33. The number of rotatable bonds is 4. The second-order valence-electron chi connectivity index (χ2n) is 3.09. The minimum atomic E-state index is -0.253. The van der Waals surface area contributed by atoms with E-state index in [9.17, 15) is 4.79 Å². The number of benzene rings is 1. The number of hydrogen-bond donors (Lipinski definition) is 0. The smallest absolute Gasteiger partial charge is 0.319 e. The number of ether oxygens (including phenoxy) is 1. The van der Waals surface area contributed by atoms with Gasteiger partial charge in [-0.2, -0.15) is 0 Å². The monoisotopic (exact) mass is 278 g/mol. The summed E-state index contributed by atoms with van der Waals surface area (Å²) in [4.78, 5) is 12.3. The fourth-order valence-electron chi connectivity index (χ4n) is 1.06. The molecule has 1 unspecified atom stereocenters. The molecule has 0 fully saturated rings. The Labute approximate surface area is 109 Å². The third-order valence-electron chi connectivity index (χ3n) is 1.82. The minimum Gasteiger partial charge on any atom is -0.465 e. The van der Waals surface area contributed by atoms with Crippen molar-refractivity contribution in [2.24, 2.45) is 0 Å². The first-order chi connectivity index (χ1) is 7.54. The topological polar surface area (TPSA) is 26.3 Å². The molecular formula is C11H12Cl2O2S. The molecule has 0 amide bonds. The second-order valence-corrected chi connectivity index (χ2v) is 5.32. The maximum Gasteiger partial charge on any atom is 0.319 e. The maximum absolute atomic E-state index is 11.4. The third kappa shape index (κ3) is 3.89. The molecule has 16 heavy (non-hydrogen) atoms. The molecule has 88 valence electrons. The van der Waals surface area contributed by atoms with Crippen molar-refractivity contribution in [2.45, 2.75) is 24.0 Å². The van der Waals surface area contributed by atoms with Crippen molar-refractivity contribution in [2.75, 3.05) is 6.61 Å². The van der Waals surface area contributed by atoms with Gasteiger partial charge in [-0.15, -0.1) is 11.8 Å². The van der Waals surface area contributed by atoms with Crippen LogP contribution in [-0.4, -0.2) is 17.8 Å². The zero-order valence-electron chi connectivity index (χ0n) is 9.00. The summed E-state index contributed by atoms with van der Waals surface area (Å²) >= 11 is 13.1. The lowest BCUT2D eigenvalue weighted by Crippen LogP contribution is -2.16. The Hall–Kier alpha value is -0.380. The van der Waals surface area contributed by atoms with Gasteiger partial charge in [0.25, 0.3) is 0 Å². The molecule has 1 atom stereocenters. The highest BCUT2D eigenvalue weighted by atomic mass is 35.5. The summed E-state index contributed by atoms with van der Waals surface area (Å²) in [6.45, 7) is 3.98. The van der Waals surface area contributed by atoms with Crippen molar-refractivity contribution in [1.29, 1.82) is 0 Å². The van der Waals surface area contributed by atoms with E-state index in [2.05, 4.69) is 0 Å². The Morgan fingerprint density at radius 1 is 1.44 bits per heavy atom. The molecule has 0 saturated heterocycles. The number of carbonyl (C=O) groups excluding carboxylic acids is 1. The van der Waals surface area contributed by atoms with Gasteiger partial charge in [0.1, 0.15) is 5.25 Å². The molecular weight excluding hydrogens is 267 g/mol. The summed E-state index contributed by atoms with van der Waals surface area (Å²) in [6, 6.07) is 5.28. The van der Waals surface area contributed by atoms with Crippen LogP contribution in [-0.2, 0) is 9.53 Å². The summed E-state index contributed by atoms with van der Waals surface area (Å²) in [7, 11) is 0. The van der Waals surface area contributed by atoms with Crippen LogP contribution in [0.2, 0.25) is 10.0 Å². The molecule has 0 saturated carbocycles. The van der Waals surface area contributed by atoms with Gasteiger partial charge in [-0.25, -0.2) is 0 Å². The van der Waals surface area contributed by atoms with Crippen LogP contribution in [0.25, 0.3) is 0 Å². The highest BCUT2D eigenvalue weighted by Gasteiger charge is 2.15. The first-order valence-corrected chi connectivity index (χ1v) is 6.46. The van der Waals surface area contributed by atoms with Crippen molar-refractivity contribution < 1.29 is 9.53 Å². The molecule has 0 N–H and O–H groups in total. The summed E-state index contributed by atoms with van der Waals surface area (Å²) in [5, 5.41) is 0.745. The van der Waals surface area contributed by atoms with Crippen molar-refractivity contribution in [3.05, 3.63) is 28.2 Å². The molecule has 0 radical (unpaired) electrons. The van der Waals surface area contributed by atoms with Crippen LogP contribution in [0.3, 0.4) is 0 Å². The Morgan fingerprint density at radius 2 is 2.12 bits per heavy atom. The van der Waals surface area contributed by atoms with Gasteiger partial charge in [-0.05, 0) is 32.0 Å². The number of hydrogen-bond acceptors (Lipinski definition) is 3. The zero-order valence-corrected chi connectivity index (χ0v) is 11.3. The van der Waals surface area contributed by atoms with Gasteiger partial charge in [0, 0.05) is 4.90 Å². The van der Waals surface area contributed by atoms with Gasteiger partial charge in [0.05, 0.1) is 16.7 Å². The average Bonchev–Trinajstić information content (AvgIpc) is 2.24. The van der Waals surface area contributed by atoms with E-state index in [1.165, 1.54) is 11.8 Å². The van der Waals surface area contributed by atoms with E-state index in [0.717, 1.165) is 4.90 Å². The molecule has 1 aromatic carbocycles. The molecule has 0 aliphatic rings. The van der Waals surface area contributed by atoms with E-state index in [1.807, 2.05) is 6.07 Å². The maximum atomic E-state index is 11.4. The lowest BCUT2D eigenvalue weighted by Gasteiger charge is -2.10. The molecule has 1 rings (SSSR count). The predicted octanol–water partition coefficient (Wildman–Crippen LogP) is 4.04. The van der Waals surface area contributed by atoms with Gasteiger partial charge >= 0.3 is 5.97 Å². The largest absolute Gasteiger partial charge is 0.465 e. The molecule has 0 aliphatic carbocycles. The van der Waals surface area contributed by atoms with E-state index < -0.39 is 0 Å². The van der Waals surface area contributed by atoms with Gasteiger partial charge in [-0.1, -0.05) is 23.2 Å². The van der Waals surface area contributed by atoms with Crippen LogP contribution < -0.4 is 0 Å². The van der Waals surface area contributed by atoms with E-state index in [4.69, 9.17) is 27.9 Å². The van der Waals surface area contributed by atoms with Crippen molar-refractivity contribution in [1.82, 2.24) is 0 Å². The van der Waals surface area contributed by atoms with Gasteiger partial charge in [-0.3, -0.25) is 4.79 Å². The number of carbonyl (C=O) groups is 1. The van der Waals surface area contributed by atoms with Gasteiger partial charge in [0.2, 0.25) is 0 Å². The standard InChI is InChI=1S/C11H12Cl2O2S/c1-3-15-11(14)7(2)16-8-4-5-9(12)10(13)6-8/h4-7H,3H2,1-2H3. The molecule has 2 nitrogen and oxygen atoms in total. The number of halogens is 2. The van der Waals surface area contributed by atoms with Gasteiger partial charge in [0.15, 0.2) is 0 Å². The second kappa shape index (κ2) is 6.38. The van der Waals surface area contributed by atoms with Gasteiger partial charge < -0.3 is 4.74 Å². The molecule has 1 aromatic rings. The normalized spacial score (nSPS) is 12.2. The highest BCUT2D eigenvalue weighted by Crippen LogP contribution is 2.30. The van der Waals surface area contributed by atoms with E-state index >= 15 is 0 Å². The van der Waals surface area contributed by atoms with E-state index in [-0.39, 0.29) is 11.2 Å². The quantitative estimate of drug-likeness (QED) is 0.614. The van der Waals surface area contributed by atoms with Crippen molar-refractivity contribution in [3.8, 4) is 0 Å². The lowest BCUT2D eigenvalue weighted by atomic mass is 10.4. The van der Waals surface area contributed by atoms with E-state index in [1.54, 1.807) is 26.0 Å². The van der Waals surface area contributed by atoms with Crippen LogP contribution in [0.4, 0.5) is 0 Å². The molecule has 0 heterocycles. The molecule has 0 spiro atoms. The first kappa shape index (κ1) is 13.7. The van der Waals surface area contributed by atoms with Crippen LogP contribution >= 0.6 is 35.0 Å². The predicted molar refractivity (Wildman–Crippen MR) is 68.4 cm³/mol. The fraction of sp³-hybridized carbons (Fsp3) is 0.364. The van der Waals surface area contributed by atoms with Crippen molar-refractivity contribution >= 4 is 40.9 Å². The summed E-state index contributed by atoms with van der Waals surface area (Å²) in [5.41, 5.74) is 0. The Kier molecular flexibility index (Phi) is 5.46. The lowest BCUT2D eigenvalue weighted by molar-refractivity contribution is -0.142. The van der Waals surface area contributed by atoms with Crippen LogP contribution in [0.5, 0.6) is 0 Å². The molecule has 5 heteroatoms. The number of esters is 1. The Balaban J connectivity index is 2.66. The summed E-state index contributed by atoms with van der Waals surface area (Å²) < 4.78 is 4.91. The Bertz CT molecular complexity index is 382. The highest BCUT2D eigenvalue weighted by molar-refractivity contribution is 8.00. The summed E-state index contributed by atoms with van der Waals surface area (Å²) in [6.07, 6.45) is 0. The third-order valence-corrected chi connectivity index (χ3v) is 3.63. The van der Waals surface area contributed by atoms with E-state index in [0.29, 0.717) is 16.7 Å². The average molecular weight is 279 g/mol. The molecule has 0 aromatic heterocycles. The SMILES string of the molecule is CCOC(=O)C(C)Sc1ccc(Cl)c(Cl)c1. The zero-order chi connectivity index (χ0) is 12.1. The number of thioether (sulfide) groups is 1. The minimum absolute atomic E-state index is 0.224. The van der Waals surface area contributed by atoms with Crippen LogP contribution in [0.1, 0.15) is 13.8 Å². The van der Waals surface area contributed by atoms with Crippen LogP contribution in [0.15, 0.2) is 23.1 Å². The van der Waals surface area contributed by atoms with Crippen molar-refractivity contribution in [3.63, 3.8) is 0 Å². The Morgan fingerprint density at radius 3 is 2.69 bits per heavy atom. The molecule has 0 aliphatic heterocycles.